The molecule has 6 unspecified atom stereocenters. The first-order valence-electron chi connectivity index (χ1n) is 23.0. The standard InChI is InChI=1S/C44H85O12P/c1-3-5-7-9-11-13-15-17-18-19-20-21-22-24-26-28-30-32-34-53-35-37(55-38(45)33-31-29-27-25-23-16-14-12-10-8-6-4-2)36-54-57(51,52)56-44-42(49)40(47)39(46)41(48)43(44)50/h12,14,37,39-44,46-50H,3-11,13,15-36H2,1-2H3,(H,51,52)/b14-12-. The number of hydrogen-bond donors (Lipinski definition) is 6. The van der Waals surface area contributed by atoms with Gasteiger partial charge in [0.1, 0.15) is 42.7 Å². The Hall–Kier alpha value is -0.920. The maximum Gasteiger partial charge on any atom is 0.472 e. The third-order valence-electron chi connectivity index (χ3n) is 10.9. The maximum absolute atomic E-state index is 12.8. The highest BCUT2D eigenvalue weighted by molar-refractivity contribution is 7.47. The highest BCUT2D eigenvalue weighted by atomic mass is 31.2. The molecule has 0 bridgehead atoms. The van der Waals surface area contributed by atoms with Crippen molar-refractivity contribution >= 4 is 13.8 Å². The van der Waals surface area contributed by atoms with Crippen LogP contribution in [0.5, 0.6) is 0 Å². The minimum absolute atomic E-state index is 0.0744. The van der Waals surface area contributed by atoms with Crippen LogP contribution in [0.15, 0.2) is 12.2 Å². The summed E-state index contributed by atoms with van der Waals surface area (Å²) in [6.45, 7) is 4.24. The molecule has 1 saturated carbocycles. The Morgan fingerprint density at radius 1 is 0.544 bits per heavy atom. The molecule has 12 nitrogen and oxygen atoms in total. The molecule has 1 fully saturated rings. The van der Waals surface area contributed by atoms with Crippen molar-refractivity contribution in [1.29, 1.82) is 0 Å². The van der Waals surface area contributed by atoms with Gasteiger partial charge in [-0.15, -0.1) is 0 Å². The summed E-state index contributed by atoms with van der Waals surface area (Å²) in [5, 5.41) is 50.1. The number of rotatable bonds is 39. The molecule has 57 heavy (non-hydrogen) atoms. The maximum atomic E-state index is 12.8. The van der Waals surface area contributed by atoms with Gasteiger partial charge < -0.3 is 39.9 Å². The molecule has 6 atom stereocenters. The molecule has 0 aromatic rings. The van der Waals surface area contributed by atoms with Gasteiger partial charge in [0.05, 0.1) is 13.2 Å². The SMILES string of the molecule is CCCCC/C=C\CCCCCCCC(=O)OC(COCCCCCCCCCCCCCCCCCCCC)COP(=O)(O)OC1C(O)C(O)C(O)C(O)C1O. The van der Waals surface area contributed by atoms with Crippen LogP contribution in [0, 0.1) is 0 Å². The topological polar surface area (TPSA) is 192 Å². The van der Waals surface area contributed by atoms with Crippen LogP contribution in [0.3, 0.4) is 0 Å². The van der Waals surface area contributed by atoms with Gasteiger partial charge in [-0.05, 0) is 38.5 Å². The van der Waals surface area contributed by atoms with E-state index in [1.165, 1.54) is 116 Å². The Balaban J connectivity index is 2.37. The number of phosphoric ester groups is 1. The zero-order valence-corrected chi connectivity index (χ0v) is 36.8. The molecule has 1 aliphatic rings. The number of allylic oxidation sites excluding steroid dienone is 2. The van der Waals surface area contributed by atoms with E-state index < -0.39 is 63.1 Å². The Morgan fingerprint density at radius 3 is 1.42 bits per heavy atom. The lowest BCUT2D eigenvalue weighted by atomic mass is 9.85. The number of esters is 1. The highest BCUT2D eigenvalue weighted by Gasteiger charge is 2.51. The minimum atomic E-state index is -5.01. The molecule has 0 aliphatic heterocycles. The van der Waals surface area contributed by atoms with E-state index in [1.54, 1.807) is 0 Å². The molecule has 13 heteroatoms. The van der Waals surface area contributed by atoms with Crippen molar-refractivity contribution in [3.8, 4) is 0 Å². The molecule has 0 radical (unpaired) electrons. The Morgan fingerprint density at radius 2 is 0.930 bits per heavy atom. The van der Waals surface area contributed by atoms with Gasteiger partial charge >= 0.3 is 13.8 Å². The fraction of sp³-hybridized carbons (Fsp3) is 0.932. The lowest BCUT2D eigenvalue weighted by Gasteiger charge is -2.41. The van der Waals surface area contributed by atoms with Crippen molar-refractivity contribution in [2.24, 2.45) is 0 Å². The summed E-state index contributed by atoms with van der Waals surface area (Å²) in [5.41, 5.74) is 0. The van der Waals surface area contributed by atoms with Crippen molar-refractivity contribution in [3.05, 3.63) is 12.2 Å². The van der Waals surface area contributed by atoms with Crippen molar-refractivity contribution in [2.75, 3.05) is 19.8 Å². The van der Waals surface area contributed by atoms with Gasteiger partial charge in [-0.3, -0.25) is 13.8 Å². The largest absolute Gasteiger partial charge is 0.472 e. The second kappa shape index (κ2) is 35.8. The quantitative estimate of drug-likeness (QED) is 0.0149. The van der Waals surface area contributed by atoms with Gasteiger partial charge in [-0.1, -0.05) is 167 Å². The molecule has 6 N–H and O–H groups in total. The summed E-state index contributed by atoms with van der Waals surface area (Å²) in [5.74, 6) is -0.484. The van der Waals surface area contributed by atoms with E-state index >= 15 is 0 Å². The van der Waals surface area contributed by atoms with E-state index in [-0.39, 0.29) is 13.0 Å². The van der Waals surface area contributed by atoms with Crippen LogP contribution in [-0.4, -0.2) is 98.9 Å². The van der Waals surface area contributed by atoms with Crippen LogP contribution in [0.4, 0.5) is 0 Å². The number of carbonyl (C=O) groups excluding carboxylic acids is 1. The smallest absolute Gasteiger partial charge is 0.457 e. The molecule has 0 spiro atoms. The van der Waals surface area contributed by atoms with Crippen molar-refractivity contribution in [3.63, 3.8) is 0 Å². The summed E-state index contributed by atoms with van der Waals surface area (Å²) < 4.78 is 34.1. The highest BCUT2D eigenvalue weighted by Crippen LogP contribution is 2.47. The van der Waals surface area contributed by atoms with Crippen LogP contribution in [0.2, 0.25) is 0 Å². The van der Waals surface area contributed by atoms with E-state index in [4.69, 9.17) is 18.5 Å². The number of carbonyl (C=O) groups is 1. The third kappa shape index (κ3) is 28.3. The van der Waals surface area contributed by atoms with Gasteiger partial charge in [-0.2, -0.15) is 0 Å². The first-order valence-corrected chi connectivity index (χ1v) is 24.5. The molecule has 0 amide bonds. The average Bonchev–Trinajstić information content (AvgIpc) is 3.19. The normalized spacial score (nSPS) is 22.9. The van der Waals surface area contributed by atoms with Gasteiger partial charge in [0, 0.05) is 13.0 Å². The Bertz CT molecular complexity index is 1000. The second-order valence-electron chi connectivity index (χ2n) is 16.3. The molecule has 1 rings (SSSR count). The lowest BCUT2D eigenvalue weighted by Crippen LogP contribution is -2.64. The molecule has 0 saturated heterocycles. The number of ether oxygens (including phenoxy) is 2. The average molecular weight is 837 g/mol. The number of unbranched alkanes of at least 4 members (excludes halogenated alkanes) is 25. The Labute approximate surface area is 346 Å². The van der Waals surface area contributed by atoms with E-state index in [0.717, 1.165) is 57.8 Å². The molecular formula is C44H85O12P. The zero-order valence-electron chi connectivity index (χ0n) is 35.9. The molecular weight excluding hydrogens is 751 g/mol. The summed E-state index contributed by atoms with van der Waals surface area (Å²) in [4.78, 5) is 23.1. The predicted octanol–water partition coefficient (Wildman–Crippen LogP) is 9.14. The van der Waals surface area contributed by atoms with Gasteiger partial charge in [0.25, 0.3) is 0 Å². The van der Waals surface area contributed by atoms with Crippen LogP contribution in [0.25, 0.3) is 0 Å². The van der Waals surface area contributed by atoms with Crippen LogP contribution in [0.1, 0.15) is 200 Å². The van der Waals surface area contributed by atoms with Gasteiger partial charge in [0.15, 0.2) is 0 Å². The molecule has 0 aromatic carbocycles. The minimum Gasteiger partial charge on any atom is -0.457 e. The van der Waals surface area contributed by atoms with Crippen LogP contribution >= 0.6 is 7.82 Å². The molecule has 338 valence electrons. The van der Waals surface area contributed by atoms with E-state index in [1.807, 2.05) is 0 Å². The number of phosphoric acid groups is 1. The lowest BCUT2D eigenvalue weighted by molar-refractivity contribution is -0.220. The molecule has 0 heterocycles. The summed E-state index contributed by atoms with van der Waals surface area (Å²) in [7, 11) is -5.01. The van der Waals surface area contributed by atoms with Gasteiger partial charge in [-0.25, -0.2) is 4.57 Å². The van der Waals surface area contributed by atoms with Crippen molar-refractivity contribution in [2.45, 2.75) is 243 Å². The van der Waals surface area contributed by atoms with E-state index in [9.17, 15) is 39.8 Å². The third-order valence-corrected chi connectivity index (χ3v) is 11.9. The summed E-state index contributed by atoms with van der Waals surface area (Å²) >= 11 is 0. The van der Waals surface area contributed by atoms with Gasteiger partial charge in [0.2, 0.25) is 0 Å². The number of hydrogen-bond acceptors (Lipinski definition) is 11. The van der Waals surface area contributed by atoms with E-state index in [0.29, 0.717) is 13.0 Å². The second-order valence-corrected chi connectivity index (χ2v) is 17.7. The molecule has 0 aromatic heterocycles. The Kier molecular flexibility index (Phi) is 34.0. The number of aliphatic hydroxyl groups is 5. The first kappa shape index (κ1) is 54.1. The van der Waals surface area contributed by atoms with Crippen molar-refractivity contribution in [1.82, 2.24) is 0 Å². The summed E-state index contributed by atoms with van der Waals surface area (Å²) in [6, 6.07) is 0. The summed E-state index contributed by atoms with van der Waals surface area (Å²) in [6.07, 6.45) is 25.7. The van der Waals surface area contributed by atoms with Crippen LogP contribution < -0.4 is 0 Å². The number of aliphatic hydroxyl groups excluding tert-OH is 5. The molecule has 1 aliphatic carbocycles. The van der Waals surface area contributed by atoms with Crippen LogP contribution in [-0.2, 0) is 27.9 Å². The fourth-order valence-corrected chi connectivity index (χ4v) is 8.15. The van der Waals surface area contributed by atoms with Crippen molar-refractivity contribution < 1.29 is 58.3 Å². The first-order chi connectivity index (χ1) is 27.5. The fourth-order valence-electron chi connectivity index (χ4n) is 7.17. The van der Waals surface area contributed by atoms with E-state index in [2.05, 4.69) is 26.0 Å². The predicted molar refractivity (Wildman–Crippen MR) is 226 cm³/mol. The zero-order chi connectivity index (χ0) is 42.0. The monoisotopic (exact) mass is 837 g/mol.